The highest BCUT2D eigenvalue weighted by Gasteiger charge is 2.58. The number of carbonyl (C=O) groups excluding carboxylic acids is 2. The second-order valence-electron chi connectivity index (χ2n) is 3.97. The molecule has 1 heterocycles. The lowest BCUT2D eigenvalue weighted by Gasteiger charge is -2.22. The number of hydrogen-bond donors (Lipinski definition) is 1. The van der Waals surface area contributed by atoms with Crippen LogP contribution in [-0.2, 0) is 9.59 Å². The molecule has 2 amide bonds. The first kappa shape index (κ1) is 8.53. The Morgan fingerprint density at radius 3 is 2.69 bits per heavy atom. The van der Waals surface area contributed by atoms with Crippen LogP contribution in [0.2, 0.25) is 0 Å². The van der Waals surface area contributed by atoms with E-state index in [1.54, 1.807) is 11.9 Å². The van der Waals surface area contributed by atoms with Crippen LogP contribution in [0.15, 0.2) is 0 Å². The summed E-state index contributed by atoms with van der Waals surface area (Å²) < 4.78 is 0. The van der Waals surface area contributed by atoms with Crippen LogP contribution in [0.1, 0.15) is 19.3 Å². The van der Waals surface area contributed by atoms with E-state index in [2.05, 4.69) is 5.32 Å². The van der Waals surface area contributed by atoms with Gasteiger partial charge in [0.25, 0.3) is 0 Å². The van der Waals surface area contributed by atoms with Crippen molar-refractivity contribution in [1.82, 2.24) is 10.2 Å². The number of nitrogens with one attached hydrogen (secondary N) is 1. The second kappa shape index (κ2) is 2.72. The predicted molar refractivity (Wildman–Crippen MR) is 46.9 cm³/mol. The van der Waals surface area contributed by atoms with Crippen LogP contribution < -0.4 is 5.32 Å². The van der Waals surface area contributed by atoms with Crippen molar-refractivity contribution < 1.29 is 9.59 Å². The zero-order chi connectivity index (χ0) is 9.47. The number of likely N-dealkylation sites (tertiary alicyclic amines) is 1. The Hall–Kier alpha value is -1.06. The van der Waals surface area contributed by atoms with Crippen LogP contribution >= 0.6 is 0 Å². The molecule has 0 aromatic carbocycles. The normalized spacial score (nSPS) is 29.0. The molecule has 1 aliphatic carbocycles. The maximum absolute atomic E-state index is 11.5. The summed E-state index contributed by atoms with van der Waals surface area (Å²) >= 11 is 0. The summed E-state index contributed by atoms with van der Waals surface area (Å²) in [6, 6.07) is -0.199. The molecule has 1 aliphatic heterocycles. The van der Waals surface area contributed by atoms with Gasteiger partial charge in [0, 0.05) is 19.0 Å². The Kier molecular flexibility index (Phi) is 1.78. The summed E-state index contributed by atoms with van der Waals surface area (Å²) in [6.07, 6.45) is 3.97. The van der Waals surface area contributed by atoms with E-state index in [4.69, 9.17) is 0 Å². The zero-order valence-corrected chi connectivity index (χ0v) is 7.75. The molecule has 1 N–H and O–H groups in total. The molecule has 1 saturated carbocycles. The van der Waals surface area contributed by atoms with E-state index in [-0.39, 0.29) is 17.4 Å². The minimum absolute atomic E-state index is 0.0119. The number of amides is 2. The Bertz CT molecular complexity index is 248. The van der Waals surface area contributed by atoms with Gasteiger partial charge < -0.3 is 10.2 Å². The van der Waals surface area contributed by atoms with Crippen LogP contribution in [0.4, 0.5) is 0 Å². The average molecular weight is 182 g/mol. The number of likely N-dealkylation sites (N-methyl/N-ethyl adjacent to an activating group) is 1. The van der Waals surface area contributed by atoms with Crippen LogP contribution in [0.25, 0.3) is 0 Å². The van der Waals surface area contributed by atoms with E-state index in [1.165, 1.54) is 0 Å². The summed E-state index contributed by atoms with van der Waals surface area (Å²) in [4.78, 5) is 23.9. The maximum atomic E-state index is 11.5. The molecule has 1 saturated heterocycles. The van der Waals surface area contributed by atoms with Crippen LogP contribution in [0.3, 0.4) is 0 Å². The fourth-order valence-electron chi connectivity index (χ4n) is 2.33. The van der Waals surface area contributed by atoms with Crippen LogP contribution in [0.5, 0.6) is 0 Å². The number of carbonyl (C=O) groups is 2. The van der Waals surface area contributed by atoms with Crippen molar-refractivity contribution in [3.63, 3.8) is 0 Å². The molecule has 1 spiro atoms. The van der Waals surface area contributed by atoms with Crippen molar-refractivity contribution in [1.29, 1.82) is 0 Å². The zero-order valence-electron chi connectivity index (χ0n) is 7.75. The van der Waals surface area contributed by atoms with Gasteiger partial charge in [-0.3, -0.25) is 9.59 Å². The molecular weight excluding hydrogens is 168 g/mol. The SMILES string of the molecule is CNC(=O)C1N(C=O)CCC12CC2. The Morgan fingerprint density at radius 1 is 1.54 bits per heavy atom. The largest absolute Gasteiger partial charge is 0.357 e. The minimum atomic E-state index is -0.199. The topological polar surface area (TPSA) is 49.4 Å². The van der Waals surface area contributed by atoms with E-state index >= 15 is 0 Å². The third-order valence-electron chi connectivity index (χ3n) is 3.30. The lowest BCUT2D eigenvalue weighted by Crippen LogP contribution is -2.45. The lowest BCUT2D eigenvalue weighted by atomic mass is 9.96. The number of hydrogen-bond acceptors (Lipinski definition) is 2. The van der Waals surface area contributed by atoms with E-state index in [1.807, 2.05) is 0 Å². The lowest BCUT2D eigenvalue weighted by molar-refractivity contribution is -0.132. The molecule has 0 bridgehead atoms. The molecule has 13 heavy (non-hydrogen) atoms. The summed E-state index contributed by atoms with van der Waals surface area (Å²) in [6.45, 7) is 0.738. The molecule has 1 unspecified atom stereocenters. The molecule has 72 valence electrons. The van der Waals surface area contributed by atoms with Gasteiger partial charge in [-0.1, -0.05) is 0 Å². The highest BCUT2D eigenvalue weighted by atomic mass is 16.2. The predicted octanol–water partition coefficient (Wildman–Crippen LogP) is -0.257. The first-order valence-corrected chi connectivity index (χ1v) is 4.66. The van der Waals surface area contributed by atoms with Crippen molar-refractivity contribution in [2.24, 2.45) is 5.41 Å². The number of rotatable bonds is 2. The number of nitrogens with zero attached hydrogens (tertiary/aromatic N) is 1. The van der Waals surface area contributed by atoms with Gasteiger partial charge in [0.1, 0.15) is 6.04 Å². The first-order chi connectivity index (χ1) is 6.23. The highest BCUT2D eigenvalue weighted by Crippen LogP contribution is 2.56. The van der Waals surface area contributed by atoms with Gasteiger partial charge >= 0.3 is 0 Å². The van der Waals surface area contributed by atoms with Crippen molar-refractivity contribution in [2.75, 3.05) is 13.6 Å². The Labute approximate surface area is 77.3 Å². The smallest absolute Gasteiger partial charge is 0.243 e. The van der Waals surface area contributed by atoms with Crippen molar-refractivity contribution >= 4 is 12.3 Å². The average Bonchev–Trinajstić information content (AvgIpc) is 2.80. The molecule has 4 heteroatoms. The minimum Gasteiger partial charge on any atom is -0.357 e. The van der Waals surface area contributed by atoms with E-state index in [0.717, 1.165) is 32.2 Å². The van der Waals surface area contributed by atoms with Crippen LogP contribution in [-0.4, -0.2) is 36.9 Å². The molecule has 2 rings (SSSR count). The molecule has 0 aromatic rings. The summed E-state index contributed by atoms with van der Waals surface area (Å²) in [5.41, 5.74) is 0.140. The van der Waals surface area contributed by atoms with Gasteiger partial charge in [-0.05, 0) is 19.3 Å². The summed E-state index contributed by atoms with van der Waals surface area (Å²) in [7, 11) is 1.62. The monoisotopic (exact) mass is 182 g/mol. The maximum Gasteiger partial charge on any atom is 0.243 e. The molecule has 0 aromatic heterocycles. The molecule has 4 nitrogen and oxygen atoms in total. The van der Waals surface area contributed by atoms with E-state index < -0.39 is 0 Å². The van der Waals surface area contributed by atoms with E-state index in [9.17, 15) is 9.59 Å². The molecule has 2 aliphatic rings. The first-order valence-electron chi connectivity index (χ1n) is 4.66. The Balaban J connectivity index is 2.19. The standard InChI is InChI=1S/C9H14N2O2/c1-10-8(13)7-9(2-3-9)4-5-11(7)6-12/h6-7H,2-5H2,1H3,(H,10,13). The fraction of sp³-hybridized carbons (Fsp3) is 0.778. The highest BCUT2D eigenvalue weighted by molar-refractivity contribution is 5.85. The third-order valence-corrected chi connectivity index (χ3v) is 3.30. The van der Waals surface area contributed by atoms with Crippen LogP contribution in [0, 0.1) is 5.41 Å². The molecular formula is C9H14N2O2. The second-order valence-corrected chi connectivity index (χ2v) is 3.97. The fourth-order valence-corrected chi connectivity index (χ4v) is 2.33. The van der Waals surface area contributed by atoms with Crippen molar-refractivity contribution in [3.8, 4) is 0 Å². The van der Waals surface area contributed by atoms with Gasteiger partial charge in [-0.25, -0.2) is 0 Å². The van der Waals surface area contributed by atoms with Crippen molar-refractivity contribution in [3.05, 3.63) is 0 Å². The summed E-state index contributed by atoms with van der Waals surface area (Å²) in [5.74, 6) is -0.0119. The third kappa shape index (κ3) is 1.12. The molecule has 1 atom stereocenters. The van der Waals surface area contributed by atoms with Gasteiger partial charge in [-0.15, -0.1) is 0 Å². The molecule has 0 radical (unpaired) electrons. The van der Waals surface area contributed by atoms with E-state index in [0.29, 0.717) is 0 Å². The van der Waals surface area contributed by atoms with Crippen molar-refractivity contribution in [2.45, 2.75) is 25.3 Å². The van der Waals surface area contributed by atoms with Gasteiger partial charge in [0.15, 0.2) is 0 Å². The Morgan fingerprint density at radius 2 is 2.23 bits per heavy atom. The molecule has 2 fully saturated rings. The summed E-state index contributed by atoms with van der Waals surface area (Å²) in [5, 5.41) is 2.63. The quantitative estimate of drug-likeness (QED) is 0.598. The van der Waals surface area contributed by atoms with Gasteiger partial charge in [0.2, 0.25) is 12.3 Å². The van der Waals surface area contributed by atoms with Gasteiger partial charge in [0.05, 0.1) is 0 Å². The van der Waals surface area contributed by atoms with Gasteiger partial charge in [-0.2, -0.15) is 0 Å².